The highest BCUT2D eigenvalue weighted by molar-refractivity contribution is 5.88. The summed E-state index contributed by atoms with van der Waals surface area (Å²) in [5.74, 6) is -0.879. The fraction of sp³-hybridized carbons (Fsp3) is 0.571. The third-order valence-corrected chi connectivity index (χ3v) is 2.56. The zero-order valence-corrected chi connectivity index (χ0v) is 11.5. The topological polar surface area (TPSA) is 52.6 Å². The van der Waals surface area contributed by atoms with Gasteiger partial charge >= 0.3 is 11.9 Å². The van der Waals surface area contributed by atoms with Crippen LogP contribution in [0.2, 0.25) is 0 Å². The molecule has 102 valence electrons. The minimum atomic E-state index is -0.443. The Bertz CT molecular complexity index is 331. The van der Waals surface area contributed by atoms with Gasteiger partial charge in [-0.1, -0.05) is 33.9 Å². The highest BCUT2D eigenvalue weighted by Crippen LogP contribution is 2.08. The van der Waals surface area contributed by atoms with E-state index in [2.05, 4.69) is 13.2 Å². The van der Waals surface area contributed by atoms with E-state index in [1.807, 2.05) is 20.8 Å². The van der Waals surface area contributed by atoms with E-state index in [0.717, 1.165) is 0 Å². The van der Waals surface area contributed by atoms with Gasteiger partial charge in [-0.2, -0.15) is 0 Å². The van der Waals surface area contributed by atoms with Crippen molar-refractivity contribution in [3.05, 3.63) is 24.3 Å². The van der Waals surface area contributed by atoms with E-state index in [0.29, 0.717) is 30.4 Å². The molecule has 0 saturated heterocycles. The summed E-state index contributed by atoms with van der Waals surface area (Å²) in [6.45, 7) is 12.7. The van der Waals surface area contributed by atoms with E-state index in [9.17, 15) is 9.59 Å². The third-order valence-electron chi connectivity index (χ3n) is 2.56. The second kappa shape index (κ2) is 8.50. The summed E-state index contributed by atoms with van der Waals surface area (Å²) < 4.78 is 10.2. The third kappa shape index (κ3) is 5.66. The van der Waals surface area contributed by atoms with Crippen molar-refractivity contribution in [2.45, 2.75) is 46.1 Å². The Kier molecular flexibility index (Phi) is 7.76. The maximum absolute atomic E-state index is 11.5. The predicted octanol–water partition coefficient (Wildman–Crippen LogP) is 2.78. The first-order valence-corrected chi connectivity index (χ1v) is 6.19. The van der Waals surface area contributed by atoms with Crippen LogP contribution in [0.25, 0.3) is 0 Å². The molecule has 0 aliphatic heterocycles. The van der Waals surface area contributed by atoms with Gasteiger partial charge in [-0.05, 0) is 19.3 Å². The minimum Gasteiger partial charge on any atom is -0.458 e. The zero-order chi connectivity index (χ0) is 14.1. The molecule has 0 radical (unpaired) electrons. The number of carbonyl (C=O) groups excluding carboxylic acids is 2. The standard InChI is InChI=1S/C14H22O4/c1-6-10(4)13(15)17-9-12(8-3)18-14(16)11(5)7-2/h12H,4-9H2,1-3H3. The Morgan fingerprint density at radius 1 is 1.00 bits per heavy atom. The van der Waals surface area contributed by atoms with Crippen molar-refractivity contribution in [2.24, 2.45) is 0 Å². The van der Waals surface area contributed by atoms with Crippen LogP contribution in [0.1, 0.15) is 40.0 Å². The van der Waals surface area contributed by atoms with Crippen molar-refractivity contribution in [3.63, 3.8) is 0 Å². The van der Waals surface area contributed by atoms with Crippen molar-refractivity contribution in [2.75, 3.05) is 6.61 Å². The van der Waals surface area contributed by atoms with Gasteiger partial charge < -0.3 is 9.47 Å². The van der Waals surface area contributed by atoms with Gasteiger partial charge in [0.25, 0.3) is 0 Å². The smallest absolute Gasteiger partial charge is 0.333 e. The van der Waals surface area contributed by atoms with Crippen molar-refractivity contribution in [1.29, 1.82) is 0 Å². The minimum absolute atomic E-state index is 0.0527. The van der Waals surface area contributed by atoms with Crippen LogP contribution in [0.4, 0.5) is 0 Å². The lowest BCUT2D eigenvalue weighted by Crippen LogP contribution is -2.25. The van der Waals surface area contributed by atoms with Gasteiger partial charge in [-0.25, -0.2) is 9.59 Å². The molecule has 1 unspecified atom stereocenters. The Morgan fingerprint density at radius 2 is 1.50 bits per heavy atom. The summed E-state index contributed by atoms with van der Waals surface area (Å²) in [4.78, 5) is 22.9. The Labute approximate surface area is 109 Å². The average molecular weight is 254 g/mol. The van der Waals surface area contributed by atoms with Crippen LogP contribution in [0.3, 0.4) is 0 Å². The van der Waals surface area contributed by atoms with Gasteiger partial charge in [0.1, 0.15) is 12.7 Å². The molecule has 4 nitrogen and oxygen atoms in total. The van der Waals surface area contributed by atoms with Crippen LogP contribution in [0, 0.1) is 0 Å². The molecule has 0 spiro atoms. The molecule has 18 heavy (non-hydrogen) atoms. The average Bonchev–Trinajstić information content (AvgIpc) is 2.40. The van der Waals surface area contributed by atoms with Gasteiger partial charge in [0.2, 0.25) is 0 Å². The van der Waals surface area contributed by atoms with Gasteiger partial charge in [0.05, 0.1) is 0 Å². The quantitative estimate of drug-likeness (QED) is 0.493. The SMILES string of the molecule is C=C(CC)C(=O)OCC(CC)OC(=O)C(=C)CC. The summed E-state index contributed by atoms with van der Waals surface area (Å²) in [6.07, 6.45) is 1.23. The molecule has 0 aliphatic rings. The molecule has 0 rings (SSSR count). The molecule has 0 aliphatic carbocycles. The highest BCUT2D eigenvalue weighted by Gasteiger charge is 2.17. The summed E-state index contributed by atoms with van der Waals surface area (Å²) in [7, 11) is 0. The lowest BCUT2D eigenvalue weighted by molar-refractivity contribution is -0.154. The summed E-state index contributed by atoms with van der Waals surface area (Å²) >= 11 is 0. The number of hydrogen-bond acceptors (Lipinski definition) is 4. The van der Waals surface area contributed by atoms with E-state index >= 15 is 0 Å². The Morgan fingerprint density at radius 3 is 1.94 bits per heavy atom. The molecular formula is C14H22O4. The maximum Gasteiger partial charge on any atom is 0.333 e. The zero-order valence-electron chi connectivity index (χ0n) is 11.5. The molecule has 0 bridgehead atoms. The predicted molar refractivity (Wildman–Crippen MR) is 70.0 cm³/mol. The first kappa shape index (κ1) is 16.4. The molecule has 0 aromatic heterocycles. The fourth-order valence-electron chi connectivity index (χ4n) is 1.03. The van der Waals surface area contributed by atoms with Crippen molar-refractivity contribution >= 4 is 11.9 Å². The van der Waals surface area contributed by atoms with Crippen molar-refractivity contribution < 1.29 is 19.1 Å². The van der Waals surface area contributed by atoms with Crippen LogP contribution in [0.15, 0.2) is 24.3 Å². The van der Waals surface area contributed by atoms with Crippen molar-refractivity contribution in [3.8, 4) is 0 Å². The molecule has 0 saturated carbocycles. The van der Waals surface area contributed by atoms with Crippen LogP contribution >= 0.6 is 0 Å². The first-order valence-electron chi connectivity index (χ1n) is 6.19. The van der Waals surface area contributed by atoms with Gasteiger partial charge in [0, 0.05) is 11.1 Å². The number of esters is 2. The van der Waals surface area contributed by atoms with Crippen LogP contribution in [0.5, 0.6) is 0 Å². The highest BCUT2D eigenvalue weighted by atomic mass is 16.6. The van der Waals surface area contributed by atoms with Crippen LogP contribution in [-0.2, 0) is 19.1 Å². The molecule has 0 fully saturated rings. The summed E-state index contributed by atoms with van der Waals surface area (Å²) in [6, 6.07) is 0. The number of rotatable bonds is 8. The molecule has 1 atom stereocenters. The molecular weight excluding hydrogens is 232 g/mol. The lowest BCUT2D eigenvalue weighted by atomic mass is 10.2. The normalized spacial score (nSPS) is 11.5. The van der Waals surface area contributed by atoms with E-state index in [-0.39, 0.29) is 6.61 Å². The number of ether oxygens (including phenoxy) is 2. The van der Waals surface area contributed by atoms with Crippen LogP contribution < -0.4 is 0 Å². The molecule has 0 heterocycles. The maximum atomic E-state index is 11.5. The van der Waals surface area contributed by atoms with E-state index in [1.165, 1.54) is 0 Å². The molecule has 0 aromatic carbocycles. The molecule has 0 amide bonds. The fourth-order valence-corrected chi connectivity index (χ4v) is 1.03. The lowest BCUT2D eigenvalue weighted by Gasteiger charge is -2.17. The van der Waals surface area contributed by atoms with Crippen molar-refractivity contribution in [1.82, 2.24) is 0 Å². The Hall–Kier alpha value is -1.58. The van der Waals surface area contributed by atoms with E-state index in [4.69, 9.17) is 9.47 Å². The number of carbonyl (C=O) groups is 2. The molecule has 0 aromatic rings. The monoisotopic (exact) mass is 254 g/mol. The summed E-state index contributed by atoms with van der Waals surface area (Å²) in [5.41, 5.74) is 0.826. The largest absolute Gasteiger partial charge is 0.458 e. The van der Waals surface area contributed by atoms with Gasteiger partial charge in [-0.15, -0.1) is 0 Å². The van der Waals surface area contributed by atoms with Gasteiger partial charge in [0.15, 0.2) is 0 Å². The van der Waals surface area contributed by atoms with Crippen LogP contribution in [-0.4, -0.2) is 24.6 Å². The molecule has 0 N–H and O–H groups in total. The molecule has 4 heteroatoms. The first-order chi connectivity index (χ1) is 8.46. The van der Waals surface area contributed by atoms with E-state index < -0.39 is 18.0 Å². The second-order valence-corrected chi connectivity index (χ2v) is 3.95. The second-order valence-electron chi connectivity index (χ2n) is 3.95. The van der Waals surface area contributed by atoms with E-state index in [1.54, 1.807) is 0 Å². The summed E-state index contributed by atoms with van der Waals surface area (Å²) in [5, 5.41) is 0. The Balaban J connectivity index is 4.20. The number of hydrogen-bond donors (Lipinski definition) is 0. The van der Waals surface area contributed by atoms with Gasteiger partial charge in [-0.3, -0.25) is 0 Å².